The molecule has 21 heavy (non-hydrogen) atoms. The number of nitrogens with zero attached hydrogens (tertiary/aromatic N) is 1. The number of para-hydroxylation sites is 1. The topological polar surface area (TPSA) is 51.5 Å². The van der Waals surface area contributed by atoms with Crippen LogP contribution in [0, 0.1) is 11.3 Å². The van der Waals surface area contributed by atoms with Gasteiger partial charge in [0.1, 0.15) is 19.0 Å². The van der Waals surface area contributed by atoms with Crippen molar-refractivity contribution in [3.63, 3.8) is 0 Å². The summed E-state index contributed by atoms with van der Waals surface area (Å²) in [5.41, 5.74) is 0.608. The fourth-order valence-electron chi connectivity index (χ4n) is 1.72. The highest BCUT2D eigenvalue weighted by Crippen LogP contribution is 2.34. The quantitative estimate of drug-likeness (QED) is 0.746. The van der Waals surface area contributed by atoms with Gasteiger partial charge >= 0.3 is 0 Å². The summed E-state index contributed by atoms with van der Waals surface area (Å²) in [5, 5.41) is 8.72. The lowest BCUT2D eigenvalue weighted by molar-refractivity contribution is 0.210. The van der Waals surface area contributed by atoms with Gasteiger partial charge in [0.2, 0.25) is 0 Å². The maximum Gasteiger partial charge on any atom is 0.175 e. The highest BCUT2D eigenvalue weighted by atomic mass is 79.9. The van der Waals surface area contributed by atoms with Crippen molar-refractivity contribution in [3.05, 3.63) is 52.5 Å². The van der Waals surface area contributed by atoms with Crippen molar-refractivity contribution in [3.8, 4) is 23.3 Å². The highest BCUT2D eigenvalue weighted by molar-refractivity contribution is 9.10. The molecule has 2 aromatic rings. The largest absolute Gasteiger partial charge is 0.493 e. The van der Waals surface area contributed by atoms with Crippen LogP contribution in [0.2, 0.25) is 0 Å². The molecular weight excluding hydrogens is 334 g/mol. The lowest BCUT2D eigenvalue weighted by atomic mass is 10.2. The van der Waals surface area contributed by atoms with Crippen LogP contribution in [0.25, 0.3) is 0 Å². The van der Waals surface area contributed by atoms with Gasteiger partial charge in [0.05, 0.1) is 23.2 Å². The molecule has 0 spiro atoms. The summed E-state index contributed by atoms with van der Waals surface area (Å²) in [7, 11) is 1.60. The molecule has 0 bridgehead atoms. The van der Waals surface area contributed by atoms with Crippen LogP contribution in [0.15, 0.2) is 46.9 Å². The SMILES string of the molecule is COc1cccc(Br)c1OCCOc1ccc(C#N)cc1. The Kier molecular flexibility index (Phi) is 5.47. The molecule has 4 nitrogen and oxygen atoms in total. The molecule has 2 aromatic carbocycles. The Morgan fingerprint density at radius 2 is 1.76 bits per heavy atom. The van der Waals surface area contributed by atoms with Crippen molar-refractivity contribution < 1.29 is 14.2 Å². The number of nitriles is 1. The zero-order valence-electron chi connectivity index (χ0n) is 11.5. The zero-order valence-corrected chi connectivity index (χ0v) is 13.1. The van der Waals surface area contributed by atoms with Crippen LogP contribution in [0.5, 0.6) is 17.2 Å². The monoisotopic (exact) mass is 347 g/mol. The summed E-state index contributed by atoms with van der Waals surface area (Å²) in [6, 6.07) is 14.6. The van der Waals surface area contributed by atoms with Crippen LogP contribution in [0.1, 0.15) is 5.56 Å². The predicted molar refractivity (Wildman–Crippen MR) is 82.8 cm³/mol. The van der Waals surface area contributed by atoms with Gasteiger partial charge in [0.15, 0.2) is 11.5 Å². The number of benzene rings is 2. The lowest BCUT2D eigenvalue weighted by Gasteiger charge is -2.12. The van der Waals surface area contributed by atoms with E-state index in [1.165, 1.54) is 0 Å². The fourth-order valence-corrected chi connectivity index (χ4v) is 2.18. The molecule has 0 radical (unpaired) electrons. The van der Waals surface area contributed by atoms with E-state index in [-0.39, 0.29) is 0 Å². The Labute approximate surface area is 132 Å². The van der Waals surface area contributed by atoms with Gasteiger partial charge in [-0.1, -0.05) is 6.07 Å². The molecule has 0 heterocycles. The van der Waals surface area contributed by atoms with E-state index in [1.807, 2.05) is 18.2 Å². The van der Waals surface area contributed by atoms with Crippen molar-refractivity contribution in [2.24, 2.45) is 0 Å². The number of rotatable bonds is 6. The van der Waals surface area contributed by atoms with E-state index in [9.17, 15) is 0 Å². The number of hydrogen-bond acceptors (Lipinski definition) is 4. The summed E-state index contributed by atoms with van der Waals surface area (Å²) in [5.74, 6) is 2.03. The molecule has 0 amide bonds. The fraction of sp³-hybridized carbons (Fsp3) is 0.188. The Morgan fingerprint density at radius 1 is 1.05 bits per heavy atom. The van der Waals surface area contributed by atoms with Crippen LogP contribution >= 0.6 is 15.9 Å². The number of methoxy groups -OCH3 is 1. The molecule has 0 fully saturated rings. The molecule has 5 heteroatoms. The molecule has 0 atom stereocenters. The van der Waals surface area contributed by atoms with Crippen LogP contribution < -0.4 is 14.2 Å². The minimum atomic E-state index is 0.388. The second-order valence-electron chi connectivity index (χ2n) is 4.10. The van der Waals surface area contributed by atoms with E-state index in [4.69, 9.17) is 19.5 Å². The molecule has 0 N–H and O–H groups in total. The molecule has 0 aliphatic carbocycles. The third kappa shape index (κ3) is 4.14. The first kappa shape index (κ1) is 15.2. The average molecular weight is 348 g/mol. The van der Waals surface area contributed by atoms with Crippen molar-refractivity contribution in [1.29, 1.82) is 5.26 Å². The Morgan fingerprint density at radius 3 is 2.43 bits per heavy atom. The van der Waals surface area contributed by atoms with Gasteiger partial charge in [-0.25, -0.2) is 0 Å². The van der Waals surface area contributed by atoms with Crippen molar-refractivity contribution >= 4 is 15.9 Å². The molecule has 2 rings (SSSR count). The van der Waals surface area contributed by atoms with Gasteiger partial charge in [-0.05, 0) is 52.3 Å². The van der Waals surface area contributed by atoms with E-state index in [0.29, 0.717) is 36.0 Å². The highest BCUT2D eigenvalue weighted by Gasteiger charge is 2.08. The van der Waals surface area contributed by atoms with E-state index in [1.54, 1.807) is 31.4 Å². The smallest absolute Gasteiger partial charge is 0.175 e. The average Bonchev–Trinajstić information content (AvgIpc) is 2.53. The maximum absolute atomic E-state index is 8.72. The van der Waals surface area contributed by atoms with Crippen molar-refractivity contribution in [1.82, 2.24) is 0 Å². The van der Waals surface area contributed by atoms with E-state index in [0.717, 1.165) is 4.47 Å². The normalized spacial score (nSPS) is 9.76. The minimum absolute atomic E-state index is 0.388. The Bertz CT molecular complexity index is 635. The number of halogens is 1. The molecule has 0 unspecified atom stereocenters. The molecule has 0 aliphatic rings. The molecule has 108 valence electrons. The number of hydrogen-bond donors (Lipinski definition) is 0. The van der Waals surface area contributed by atoms with Crippen LogP contribution in [-0.2, 0) is 0 Å². The first-order chi connectivity index (χ1) is 10.2. The summed E-state index contributed by atoms with van der Waals surface area (Å²) in [4.78, 5) is 0. The summed E-state index contributed by atoms with van der Waals surface area (Å²) in [6.07, 6.45) is 0. The minimum Gasteiger partial charge on any atom is -0.493 e. The lowest BCUT2D eigenvalue weighted by Crippen LogP contribution is -2.09. The van der Waals surface area contributed by atoms with Gasteiger partial charge in [0, 0.05) is 0 Å². The van der Waals surface area contributed by atoms with Gasteiger partial charge in [0.25, 0.3) is 0 Å². The predicted octanol–water partition coefficient (Wildman–Crippen LogP) is 3.79. The standard InChI is InChI=1S/C16H14BrNO3/c1-19-15-4-2-3-14(17)16(15)21-10-9-20-13-7-5-12(11-18)6-8-13/h2-8H,9-10H2,1H3. The maximum atomic E-state index is 8.72. The zero-order chi connectivity index (χ0) is 15.1. The second-order valence-corrected chi connectivity index (χ2v) is 4.96. The first-order valence-electron chi connectivity index (χ1n) is 6.33. The van der Waals surface area contributed by atoms with E-state index in [2.05, 4.69) is 22.0 Å². The third-order valence-corrected chi connectivity index (χ3v) is 3.36. The molecule has 0 aromatic heterocycles. The summed E-state index contributed by atoms with van der Waals surface area (Å²) >= 11 is 3.42. The van der Waals surface area contributed by atoms with E-state index < -0.39 is 0 Å². The first-order valence-corrected chi connectivity index (χ1v) is 7.12. The molecular formula is C16H14BrNO3. The van der Waals surface area contributed by atoms with Gasteiger partial charge < -0.3 is 14.2 Å². The van der Waals surface area contributed by atoms with Crippen LogP contribution in [0.3, 0.4) is 0 Å². The van der Waals surface area contributed by atoms with Crippen LogP contribution in [0.4, 0.5) is 0 Å². The summed E-state index contributed by atoms with van der Waals surface area (Å²) < 4.78 is 17.3. The summed E-state index contributed by atoms with van der Waals surface area (Å²) in [6.45, 7) is 0.787. The van der Waals surface area contributed by atoms with Crippen LogP contribution in [-0.4, -0.2) is 20.3 Å². The third-order valence-electron chi connectivity index (χ3n) is 2.73. The van der Waals surface area contributed by atoms with Gasteiger partial charge in [-0.2, -0.15) is 5.26 Å². The van der Waals surface area contributed by atoms with Crippen molar-refractivity contribution in [2.75, 3.05) is 20.3 Å². The molecule has 0 saturated heterocycles. The Hall–Kier alpha value is -2.19. The second kappa shape index (κ2) is 7.55. The number of ether oxygens (including phenoxy) is 3. The molecule has 0 aliphatic heterocycles. The van der Waals surface area contributed by atoms with E-state index >= 15 is 0 Å². The van der Waals surface area contributed by atoms with Gasteiger partial charge in [-0.15, -0.1) is 0 Å². The van der Waals surface area contributed by atoms with Gasteiger partial charge in [-0.3, -0.25) is 0 Å². The Balaban J connectivity index is 1.86. The van der Waals surface area contributed by atoms with Crippen molar-refractivity contribution in [2.45, 2.75) is 0 Å². The molecule has 0 saturated carbocycles.